The number of thioether (sulfide) groups is 1. The van der Waals surface area contributed by atoms with Crippen molar-refractivity contribution < 1.29 is 18.0 Å². The van der Waals surface area contributed by atoms with Crippen molar-refractivity contribution in [2.24, 2.45) is 0 Å². The molecule has 5 nitrogen and oxygen atoms in total. The third kappa shape index (κ3) is 4.60. The van der Waals surface area contributed by atoms with Crippen LogP contribution < -0.4 is 5.32 Å². The summed E-state index contributed by atoms with van der Waals surface area (Å²) in [7, 11) is 0. The lowest BCUT2D eigenvalue weighted by molar-refractivity contribution is -0.137. The first-order chi connectivity index (χ1) is 12.6. The predicted molar refractivity (Wildman–Crippen MR) is 98.8 cm³/mol. The zero-order chi connectivity index (χ0) is 19.8. The number of fused-ring (bicyclic) bond motifs is 1. The number of rotatable bonds is 4. The molecule has 2 aromatic heterocycles. The Morgan fingerprint density at radius 1 is 1.15 bits per heavy atom. The lowest BCUT2D eigenvalue weighted by Gasteiger charge is -2.10. The molecule has 0 aliphatic rings. The van der Waals surface area contributed by atoms with Crippen LogP contribution in [0.2, 0.25) is 15.1 Å². The molecule has 0 fully saturated rings. The Kier molecular flexibility index (Phi) is 5.76. The van der Waals surface area contributed by atoms with Gasteiger partial charge in [-0.1, -0.05) is 46.6 Å². The first-order valence-corrected chi connectivity index (χ1v) is 9.26. The molecule has 12 heteroatoms. The lowest BCUT2D eigenvalue weighted by atomic mass is 10.3. The molecule has 0 atom stereocenters. The molecule has 1 N–H and O–H groups in total. The fraction of sp³-hybridized carbons (Fsp3) is 0.133. The van der Waals surface area contributed by atoms with Crippen LogP contribution in [0.4, 0.5) is 18.9 Å². The van der Waals surface area contributed by atoms with Crippen LogP contribution in [0.5, 0.6) is 0 Å². The number of hydrogen-bond donors (Lipinski definition) is 1. The van der Waals surface area contributed by atoms with Crippen LogP contribution in [0.3, 0.4) is 0 Å². The summed E-state index contributed by atoms with van der Waals surface area (Å²) >= 11 is 18.7. The molecule has 0 bridgehead atoms. The van der Waals surface area contributed by atoms with Gasteiger partial charge < -0.3 is 5.32 Å². The summed E-state index contributed by atoms with van der Waals surface area (Å²) in [5.74, 6) is -0.623. The van der Waals surface area contributed by atoms with Crippen molar-refractivity contribution in [2.45, 2.75) is 11.3 Å². The van der Waals surface area contributed by atoms with Crippen molar-refractivity contribution in [2.75, 3.05) is 11.1 Å². The zero-order valence-electron chi connectivity index (χ0n) is 13.0. The predicted octanol–water partition coefficient (Wildman–Crippen LogP) is 5.44. The van der Waals surface area contributed by atoms with Crippen LogP contribution in [-0.4, -0.2) is 26.3 Å². The Balaban J connectivity index is 1.74. The second kappa shape index (κ2) is 7.75. The lowest BCUT2D eigenvalue weighted by Crippen LogP contribution is -2.15. The molecule has 27 heavy (non-hydrogen) atoms. The number of carbonyl (C=O) groups excluding carboxylic acids is 1. The molecular weight excluding hydrogens is 448 g/mol. The maximum Gasteiger partial charge on any atom is 0.417 e. The van der Waals surface area contributed by atoms with Gasteiger partial charge in [-0.3, -0.25) is 9.20 Å². The Bertz CT molecular complexity index is 1000. The molecule has 142 valence electrons. The van der Waals surface area contributed by atoms with Crippen LogP contribution in [-0.2, 0) is 11.0 Å². The number of halogens is 6. The molecule has 0 aliphatic carbocycles. The topological polar surface area (TPSA) is 59.3 Å². The van der Waals surface area contributed by atoms with Crippen molar-refractivity contribution >= 4 is 63.8 Å². The Hall–Kier alpha value is -1.68. The molecule has 1 aromatic carbocycles. The largest absolute Gasteiger partial charge is 0.417 e. The third-order valence-electron chi connectivity index (χ3n) is 3.30. The van der Waals surface area contributed by atoms with Crippen molar-refractivity contribution in [1.29, 1.82) is 0 Å². The first kappa shape index (κ1) is 20.1. The average Bonchev–Trinajstić information content (AvgIpc) is 2.97. The minimum absolute atomic E-state index is 0.138. The Morgan fingerprint density at radius 2 is 1.81 bits per heavy atom. The molecule has 0 spiro atoms. The number of nitrogens with zero attached hydrogens (tertiary/aromatic N) is 3. The molecule has 1 amide bonds. The first-order valence-electron chi connectivity index (χ1n) is 7.14. The maximum absolute atomic E-state index is 12.9. The van der Waals surface area contributed by atoms with Crippen molar-refractivity contribution in [1.82, 2.24) is 14.6 Å². The highest BCUT2D eigenvalue weighted by Gasteiger charge is 2.31. The normalized spacial score (nSPS) is 11.8. The second-order valence-electron chi connectivity index (χ2n) is 5.21. The number of anilines is 1. The van der Waals surface area contributed by atoms with Gasteiger partial charge in [0.25, 0.3) is 0 Å². The summed E-state index contributed by atoms with van der Waals surface area (Å²) in [6.45, 7) is 0. The number of pyridine rings is 1. The SMILES string of the molecule is O=C(CSc1nnc2ccc(C(F)(F)F)cn12)Nc1c(Cl)cc(Cl)cc1Cl. The van der Waals surface area contributed by atoms with Gasteiger partial charge in [0.1, 0.15) is 0 Å². The highest BCUT2D eigenvalue weighted by molar-refractivity contribution is 7.99. The van der Waals surface area contributed by atoms with Crippen LogP contribution in [0.1, 0.15) is 5.56 Å². The van der Waals surface area contributed by atoms with Crippen molar-refractivity contribution in [3.8, 4) is 0 Å². The van der Waals surface area contributed by atoms with Gasteiger partial charge in [-0.05, 0) is 24.3 Å². The van der Waals surface area contributed by atoms with Crippen LogP contribution in [0.25, 0.3) is 5.65 Å². The summed E-state index contributed by atoms with van der Waals surface area (Å²) in [6, 6.07) is 4.95. The Morgan fingerprint density at radius 3 is 2.44 bits per heavy atom. The highest BCUT2D eigenvalue weighted by Crippen LogP contribution is 2.34. The molecule has 3 rings (SSSR count). The van der Waals surface area contributed by atoms with Gasteiger partial charge in [-0.15, -0.1) is 10.2 Å². The van der Waals surface area contributed by atoms with E-state index in [9.17, 15) is 18.0 Å². The number of nitrogens with one attached hydrogen (secondary N) is 1. The van der Waals surface area contributed by atoms with Crippen LogP contribution in [0, 0.1) is 0 Å². The summed E-state index contributed by atoms with van der Waals surface area (Å²) in [5, 5.41) is 10.9. The summed E-state index contributed by atoms with van der Waals surface area (Å²) < 4.78 is 39.7. The number of benzene rings is 1. The minimum Gasteiger partial charge on any atom is -0.323 e. The number of aromatic nitrogens is 3. The van der Waals surface area contributed by atoms with Gasteiger partial charge in [0.05, 0.1) is 27.0 Å². The van der Waals surface area contributed by atoms with E-state index in [0.717, 1.165) is 24.0 Å². The standard InChI is InChI=1S/C15H8Cl3F3N4OS/c16-8-3-9(17)13(10(18)4-8)22-12(26)6-27-14-24-23-11-2-1-7(5-25(11)14)15(19,20)21/h1-5H,6H2,(H,22,26). The number of amides is 1. The maximum atomic E-state index is 12.9. The number of alkyl halides is 3. The smallest absolute Gasteiger partial charge is 0.323 e. The van der Waals surface area contributed by atoms with Crippen LogP contribution >= 0.6 is 46.6 Å². The van der Waals surface area contributed by atoms with Crippen LogP contribution in [0.15, 0.2) is 35.6 Å². The average molecular weight is 456 g/mol. The summed E-state index contributed by atoms with van der Waals surface area (Å²) in [5.41, 5.74) is -0.422. The third-order valence-corrected chi connectivity index (χ3v) is 5.06. The molecule has 0 saturated heterocycles. The van der Waals surface area contributed by atoms with E-state index in [4.69, 9.17) is 34.8 Å². The quantitative estimate of drug-likeness (QED) is 0.532. The van der Waals surface area contributed by atoms with E-state index in [0.29, 0.717) is 5.02 Å². The van der Waals surface area contributed by atoms with Gasteiger partial charge in [-0.2, -0.15) is 13.2 Å². The molecule has 0 aliphatic heterocycles. The van der Waals surface area contributed by atoms with Gasteiger partial charge >= 0.3 is 6.18 Å². The summed E-state index contributed by atoms with van der Waals surface area (Å²) in [6.07, 6.45) is -3.62. The zero-order valence-corrected chi connectivity index (χ0v) is 16.1. The van der Waals surface area contributed by atoms with E-state index in [1.54, 1.807) is 0 Å². The van der Waals surface area contributed by atoms with Crippen molar-refractivity contribution in [3.05, 3.63) is 51.1 Å². The molecular formula is C15H8Cl3F3N4OS. The number of carbonyl (C=O) groups is 1. The van der Waals surface area contributed by atoms with E-state index >= 15 is 0 Å². The second-order valence-corrected chi connectivity index (χ2v) is 7.40. The minimum atomic E-state index is -4.50. The Labute approximate surface area is 169 Å². The fourth-order valence-electron chi connectivity index (χ4n) is 2.10. The fourth-order valence-corrected chi connectivity index (χ4v) is 3.73. The van der Waals surface area contributed by atoms with E-state index < -0.39 is 17.6 Å². The van der Waals surface area contributed by atoms with Gasteiger partial charge in [0.15, 0.2) is 10.8 Å². The number of hydrogen-bond acceptors (Lipinski definition) is 4. The van der Waals surface area contributed by atoms with E-state index in [1.807, 2.05) is 0 Å². The molecule has 0 unspecified atom stereocenters. The molecule has 0 radical (unpaired) electrons. The summed E-state index contributed by atoms with van der Waals surface area (Å²) in [4.78, 5) is 12.1. The molecule has 3 aromatic rings. The van der Waals surface area contributed by atoms with Gasteiger partial charge in [0, 0.05) is 11.2 Å². The molecule has 2 heterocycles. The highest BCUT2D eigenvalue weighted by atomic mass is 35.5. The monoisotopic (exact) mass is 454 g/mol. The molecule has 0 saturated carbocycles. The van der Waals surface area contributed by atoms with Gasteiger partial charge in [0.2, 0.25) is 5.91 Å². The van der Waals surface area contributed by atoms with E-state index in [2.05, 4.69) is 15.5 Å². The van der Waals surface area contributed by atoms with E-state index in [-0.39, 0.29) is 32.3 Å². The van der Waals surface area contributed by atoms with Crippen molar-refractivity contribution in [3.63, 3.8) is 0 Å². The van der Waals surface area contributed by atoms with E-state index in [1.165, 1.54) is 22.6 Å². The van der Waals surface area contributed by atoms with Gasteiger partial charge in [-0.25, -0.2) is 0 Å².